The summed E-state index contributed by atoms with van der Waals surface area (Å²) in [6.07, 6.45) is 0. The van der Waals surface area contributed by atoms with Crippen LogP contribution in [0.4, 0.5) is 5.69 Å². The van der Waals surface area contributed by atoms with Gasteiger partial charge in [-0.2, -0.15) is 0 Å². The van der Waals surface area contributed by atoms with Crippen LogP contribution in [0, 0.1) is 17.0 Å². The van der Waals surface area contributed by atoms with Gasteiger partial charge in [-0.3, -0.25) is 14.9 Å². The van der Waals surface area contributed by atoms with Gasteiger partial charge in [0, 0.05) is 6.07 Å². The molecule has 0 saturated heterocycles. The normalized spacial score (nSPS) is 9.93. The van der Waals surface area contributed by atoms with Crippen LogP contribution in [0.2, 0.25) is 5.02 Å². The maximum atomic E-state index is 10.9. The van der Waals surface area contributed by atoms with Gasteiger partial charge in [0.2, 0.25) is 0 Å². The molecule has 1 aromatic carbocycles. The summed E-state index contributed by atoms with van der Waals surface area (Å²) in [7, 11) is 0. The third-order valence-corrected chi connectivity index (χ3v) is 2.21. The first kappa shape index (κ1) is 10.9. The first-order valence-electron chi connectivity index (χ1n) is 3.58. The second-order valence-corrected chi connectivity index (χ2v) is 3.40. The van der Waals surface area contributed by atoms with Gasteiger partial charge in [-0.25, -0.2) is 0 Å². The molecule has 1 aromatic rings. The van der Waals surface area contributed by atoms with Crippen molar-refractivity contribution >= 4 is 34.1 Å². The molecule has 0 heterocycles. The molecule has 0 aliphatic carbocycles. The van der Waals surface area contributed by atoms with Crippen molar-refractivity contribution in [1.82, 2.24) is 0 Å². The lowest BCUT2D eigenvalue weighted by molar-refractivity contribution is -0.384. The van der Waals surface area contributed by atoms with Crippen LogP contribution in [0.3, 0.4) is 0 Å². The number of benzene rings is 1. The number of carbonyl (C=O) groups is 1. The van der Waals surface area contributed by atoms with Gasteiger partial charge in [0.15, 0.2) is 0 Å². The van der Waals surface area contributed by atoms with Crippen LogP contribution in [0.15, 0.2) is 12.1 Å². The Hall–Kier alpha value is -1.13. The fourth-order valence-electron chi connectivity index (χ4n) is 1.03. The van der Waals surface area contributed by atoms with Gasteiger partial charge in [-0.05, 0) is 30.2 Å². The van der Waals surface area contributed by atoms with Crippen LogP contribution < -0.4 is 0 Å². The Morgan fingerprint density at radius 2 is 2.07 bits per heavy atom. The molecule has 0 N–H and O–H groups in total. The third-order valence-electron chi connectivity index (χ3n) is 1.61. The average molecular weight is 234 g/mol. The minimum Gasteiger partial charge on any atom is -0.276 e. The van der Waals surface area contributed by atoms with Gasteiger partial charge in [0.05, 0.1) is 10.5 Å². The van der Waals surface area contributed by atoms with Crippen LogP contribution in [0.25, 0.3) is 0 Å². The molecule has 4 nitrogen and oxygen atoms in total. The van der Waals surface area contributed by atoms with Crippen molar-refractivity contribution in [2.45, 2.75) is 6.92 Å². The SMILES string of the molecule is Cc1cc(C(=O)Cl)c(Cl)c([N+](=O)[O-])c1. The first-order valence-corrected chi connectivity index (χ1v) is 4.33. The molecule has 0 amide bonds. The van der Waals surface area contributed by atoms with Crippen LogP contribution in [-0.4, -0.2) is 10.2 Å². The molecule has 0 unspecified atom stereocenters. The number of aryl methyl sites for hydroxylation is 1. The number of hydrogen-bond acceptors (Lipinski definition) is 3. The monoisotopic (exact) mass is 233 g/mol. The third kappa shape index (κ3) is 2.02. The van der Waals surface area contributed by atoms with Crippen LogP contribution in [0.5, 0.6) is 0 Å². The molecule has 0 saturated carbocycles. The summed E-state index contributed by atoms with van der Waals surface area (Å²) in [4.78, 5) is 20.7. The highest BCUT2D eigenvalue weighted by Gasteiger charge is 2.19. The molecule has 0 fully saturated rings. The van der Waals surface area contributed by atoms with Crippen LogP contribution in [-0.2, 0) is 0 Å². The summed E-state index contributed by atoms with van der Waals surface area (Å²) in [6, 6.07) is 2.69. The first-order chi connectivity index (χ1) is 6.43. The smallest absolute Gasteiger partial charge is 0.276 e. The number of halogens is 2. The Kier molecular flexibility index (Phi) is 3.08. The molecule has 0 bridgehead atoms. The summed E-state index contributed by atoms with van der Waals surface area (Å²) >= 11 is 10.8. The zero-order valence-electron chi connectivity index (χ0n) is 7.08. The molecule has 14 heavy (non-hydrogen) atoms. The van der Waals surface area contributed by atoms with Crippen molar-refractivity contribution in [1.29, 1.82) is 0 Å². The van der Waals surface area contributed by atoms with Gasteiger partial charge in [-0.1, -0.05) is 11.6 Å². The van der Waals surface area contributed by atoms with E-state index in [2.05, 4.69) is 0 Å². The van der Waals surface area contributed by atoms with Crippen molar-refractivity contribution < 1.29 is 9.72 Å². The Morgan fingerprint density at radius 3 is 2.50 bits per heavy atom. The fraction of sp³-hybridized carbons (Fsp3) is 0.125. The molecule has 0 atom stereocenters. The van der Waals surface area contributed by atoms with E-state index in [-0.39, 0.29) is 16.3 Å². The lowest BCUT2D eigenvalue weighted by Gasteiger charge is -2.01. The quantitative estimate of drug-likeness (QED) is 0.449. The Morgan fingerprint density at radius 1 is 1.50 bits per heavy atom. The molecular formula is C8H5Cl2NO3. The van der Waals surface area contributed by atoms with E-state index in [9.17, 15) is 14.9 Å². The number of nitro groups is 1. The minimum atomic E-state index is -0.804. The zero-order chi connectivity index (χ0) is 10.9. The van der Waals surface area contributed by atoms with Crippen molar-refractivity contribution in [2.24, 2.45) is 0 Å². The van der Waals surface area contributed by atoms with E-state index in [0.717, 1.165) is 0 Å². The summed E-state index contributed by atoms with van der Waals surface area (Å²) < 4.78 is 0. The number of nitrogens with zero attached hydrogens (tertiary/aromatic N) is 1. The van der Waals surface area contributed by atoms with E-state index < -0.39 is 10.2 Å². The van der Waals surface area contributed by atoms with E-state index in [0.29, 0.717) is 5.56 Å². The molecular weight excluding hydrogens is 229 g/mol. The average Bonchev–Trinajstić information content (AvgIpc) is 2.07. The number of carbonyl (C=O) groups excluding carboxylic acids is 1. The summed E-state index contributed by atoms with van der Waals surface area (Å²) in [5, 5.41) is 9.49. The summed E-state index contributed by atoms with van der Waals surface area (Å²) in [6.45, 7) is 1.62. The topological polar surface area (TPSA) is 60.2 Å². The van der Waals surface area contributed by atoms with Crippen LogP contribution in [0.1, 0.15) is 15.9 Å². The van der Waals surface area contributed by atoms with E-state index in [4.69, 9.17) is 23.2 Å². The second-order valence-electron chi connectivity index (χ2n) is 2.68. The molecule has 74 valence electrons. The van der Waals surface area contributed by atoms with E-state index in [1.165, 1.54) is 12.1 Å². The molecule has 6 heteroatoms. The molecule has 0 radical (unpaired) electrons. The van der Waals surface area contributed by atoms with Crippen molar-refractivity contribution in [3.63, 3.8) is 0 Å². The highest BCUT2D eigenvalue weighted by atomic mass is 35.5. The highest BCUT2D eigenvalue weighted by Crippen LogP contribution is 2.30. The zero-order valence-corrected chi connectivity index (χ0v) is 8.59. The maximum Gasteiger partial charge on any atom is 0.288 e. The van der Waals surface area contributed by atoms with Crippen molar-refractivity contribution in [3.8, 4) is 0 Å². The van der Waals surface area contributed by atoms with Gasteiger partial charge in [-0.15, -0.1) is 0 Å². The Labute approximate surface area is 89.6 Å². The predicted octanol–water partition coefficient (Wildman–Crippen LogP) is 2.94. The van der Waals surface area contributed by atoms with E-state index in [1.54, 1.807) is 6.92 Å². The molecule has 0 spiro atoms. The lowest BCUT2D eigenvalue weighted by atomic mass is 10.1. The second kappa shape index (κ2) is 3.94. The number of nitro benzene ring substituents is 1. The van der Waals surface area contributed by atoms with Gasteiger partial charge < -0.3 is 0 Å². The lowest BCUT2D eigenvalue weighted by Crippen LogP contribution is -1.97. The predicted molar refractivity (Wildman–Crippen MR) is 53.0 cm³/mol. The summed E-state index contributed by atoms with van der Waals surface area (Å²) in [5.41, 5.74) is 0.209. The maximum absolute atomic E-state index is 10.9. The molecule has 1 rings (SSSR count). The van der Waals surface area contributed by atoms with Gasteiger partial charge >= 0.3 is 0 Å². The Balaban J connectivity index is 3.47. The number of rotatable bonds is 2. The molecule has 0 aromatic heterocycles. The van der Waals surface area contributed by atoms with Gasteiger partial charge in [0.25, 0.3) is 10.9 Å². The van der Waals surface area contributed by atoms with Crippen LogP contribution >= 0.6 is 23.2 Å². The fourth-order valence-corrected chi connectivity index (χ4v) is 1.49. The molecule has 0 aliphatic heterocycles. The van der Waals surface area contributed by atoms with Gasteiger partial charge in [0.1, 0.15) is 5.02 Å². The number of hydrogen-bond donors (Lipinski definition) is 0. The van der Waals surface area contributed by atoms with Crippen molar-refractivity contribution in [3.05, 3.63) is 38.4 Å². The largest absolute Gasteiger partial charge is 0.288 e. The molecule has 0 aliphatic rings. The highest BCUT2D eigenvalue weighted by molar-refractivity contribution is 6.68. The Bertz CT molecular complexity index is 382. The van der Waals surface area contributed by atoms with E-state index in [1.807, 2.05) is 0 Å². The minimum absolute atomic E-state index is 0.0416. The standard InChI is InChI=1S/C8H5Cl2NO3/c1-4-2-5(8(10)12)7(9)6(3-4)11(13)14/h2-3H,1H3. The van der Waals surface area contributed by atoms with Crippen molar-refractivity contribution in [2.75, 3.05) is 0 Å². The van der Waals surface area contributed by atoms with E-state index >= 15 is 0 Å². The summed E-state index contributed by atoms with van der Waals surface area (Å²) in [5.74, 6) is 0.